The van der Waals surface area contributed by atoms with Gasteiger partial charge in [-0.1, -0.05) is 0 Å². The molecule has 108 valence electrons. The zero-order valence-corrected chi connectivity index (χ0v) is 11.0. The Bertz CT molecular complexity index is 498. The van der Waals surface area contributed by atoms with Crippen LogP contribution in [0.5, 0.6) is 0 Å². The van der Waals surface area contributed by atoms with Gasteiger partial charge in [0, 0.05) is 25.9 Å². The lowest BCUT2D eigenvalue weighted by atomic mass is 9.98. The fourth-order valence-electron chi connectivity index (χ4n) is 2.15. The molecule has 2 heterocycles. The van der Waals surface area contributed by atoms with E-state index in [-0.39, 0.29) is 24.1 Å². The maximum atomic E-state index is 12.0. The van der Waals surface area contributed by atoms with Crippen LogP contribution in [-0.4, -0.2) is 51.8 Å². The molecule has 0 aromatic carbocycles. The Morgan fingerprint density at radius 1 is 1.35 bits per heavy atom. The molecular weight excluding hydrogens is 262 g/mol. The third-order valence-corrected chi connectivity index (χ3v) is 3.40. The average Bonchev–Trinajstić information content (AvgIpc) is 2.47. The van der Waals surface area contributed by atoms with E-state index in [2.05, 4.69) is 10.3 Å². The third kappa shape index (κ3) is 3.45. The Balaban J connectivity index is 1.95. The zero-order chi connectivity index (χ0) is 14.5. The van der Waals surface area contributed by atoms with Gasteiger partial charge in [0.05, 0.1) is 17.4 Å². The molecule has 1 aromatic rings. The number of likely N-dealkylation sites (tertiary alicyclic amines) is 1. The van der Waals surface area contributed by atoms with Crippen LogP contribution in [0.4, 0.5) is 10.5 Å². The number of pyridine rings is 1. The minimum Gasteiger partial charge on any atom is -0.478 e. The molecule has 2 rings (SSSR count). The summed E-state index contributed by atoms with van der Waals surface area (Å²) in [5, 5.41) is 20.6. The van der Waals surface area contributed by atoms with Gasteiger partial charge in [0.2, 0.25) is 0 Å². The highest BCUT2D eigenvalue weighted by atomic mass is 16.4. The number of amides is 2. The summed E-state index contributed by atoms with van der Waals surface area (Å²) < 4.78 is 0. The van der Waals surface area contributed by atoms with Gasteiger partial charge in [0.25, 0.3) is 0 Å². The maximum Gasteiger partial charge on any atom is 0.337 e. The number of aromatic carboxylic acids is 1. The van der Waals surface area contributed by atoms with Crippen molar-refractivity contribution in [3.05, 3.63) is 24.0 Å². The minimum absolute atomic E-state index is 0.0294. The van der Waals surface area contributed by atoms with E-state index in [1.807, 2.05) is 0 Å². The summed E-state index contributed by atoms with van der Waals surface area (Å²) >= 11 is 0. The van der Waals surface area contributed by atoms with E-state index < -0.39 is 5.97 Å². The van der Waals surface area contributed by atoms with E-state index >= 15 is 0 Å². The van der Waals surface area contributed by atoms with Crippen LogP contribution in [0.25, 0.3) is 0 Å². The molecule has 7 heteroatoms. The molecule has 0 radical (unpaired) electrons. The Labute approximate surface area is 116 Å². The van der Waals surface area contributed by atoms with Crippen molar-refractivity contribution in [3.8, 4) is 0 Å². The molecule has 0 unspecified atom stereocenters. The smallest absolute Gasteiger partial charge is 0.337 e. The lowest BCUT2D eigenvalue weighted by Crippen LogP contribution is -2.41. The number of hydrogen-bond acceptors (Lipinski definition) is 4. The normalized spacial score (nSPS) is 15.9. The molecule has 0 aliphatic carbocycles. The highest BCUT2D eigenvalue weighted by molar-refractivity contribution is 5.92. The minimum atomic E-state index is -1.09. The van der Waals surface area contributed by atoms with Crippen molar-refractivity contribution < 1.29 is 19.8 Å². The molecule has 20 heavy (non-hydrogen) atoms. The van der Waals surface area contributed by atoms with Crippen LogP contribution in [0.1, 0.15) is 23.2 Å². The number of carbonyl (C=O) groups excluding carboxylic acids is 1. The van der Waals surface area contributed by atoms with Crippen LogP contribution in [0.2, 0.25) is 0 Å². The molecule has 1 saturated heterocycles. The summed E-state index contributed by atoms with van der Waals surface area (Å²) in [4.78, 5) is 28.3. The molecule has 0 spiro atoms. The van der Waals surface area contributed by atoms with E-state index in [0.29, 0.717) is 18.8 Å². The Morgan fingerprint density at radius 2 is 2.05 bits per heavy atom. The number of aliphatic hydroxyl groups is 1. The van der Waals surface area contributed by atoms with Gasteiger partial charge < -0.3 is 20.4 Å². The van der Waals surface area contributed by atoms with E-state index in [1.165, 1.54) is 18.5 Å². The molecule has 1 aliphatic rings. The van der Waals surface area contributed by atoms with Crippen molar-refractivity contribution in [2.24, 2.45) is 5.92 Å². The number of carboxylic acids is 1. The molecule has 0 atom stereocenters. The summed E-state index contributed by atoms with van der Waals surface area (Å²) in [5.41, 5.74) is 0.390. The van der Waals surface area contributed by atoms with E-state index in [1.54, 1.807) is 4.90 Å². The first-order chi connectivity index (χ1) is 9.60. The van der Waals surface area contributed by atoms with Gasteiger partial charge in [-0.15, -0.1) is 0 Å². The van der Waals surface area contributed by atoms with Crippen LogP contribution in [0.3, 0.4) is 0 Å². The summed E-state index contributed by atoms with van der Waals surface area (Å²) in [6.07, 6.45) is 4.18. The van der Waals surface area contributed by atoms with Crippen LogP contribution in [0.15, 0.2) is 18.5 Å². The standard InChI is InChI=1S/C13H17N3O4/c17-8-9-1-3-16(4-2-9)13(20)15-11-5-10(12(18)19)6-14-7-11/h5-7,9,17H,1-4,8H2,(H,15,20)(H,18,19). The SMILES string of the molecule is O=C(O)c1cncc(NC(=O)N2CCC(CO)CC2)c1. The van der Waals surface area contributed by atoms with Crippen molar-refractivity contribution in [1.82, 2.24) is 9.88 Å². The average molecular weight is 279 g/mol. The van der Waals surface area contributed by atoms with Gasteiger partial charge in [-0.25, -0.2) is 9.59 Å². The first kappa shape index (κ1) is 14.3. The van der Waals surface area contributed by atoms with Gasteiger partial charge in [-0.2, -0.15) is 0 Å². The van der Waals surface area contributed by atoms with Crippen LogP contribution in [0, 0.1) is 5.92 Å². The van der Waals surface area contributed by atoms with Crippen LogP contribution >= 0.6 is 0 Å². The monoisotopic (exact) mass is 279 g/mol. The molecule has 1 aromatic heterocycles. The molecule has 1 fully saturated rings. The lowest BCUT2D eigenvalue weighted by Gasteiger charge is -2.31. The fraction of sp³-hybridized carbons (Fsp3) is 0.462. The summed E-state index contributed by atoms with van der Waals surface area (Å²) in [7, 11) is 0. The topological polar surface area (TPSA) is 103 Å². The number of aromatic nitrogens is 1. The largest absolute Gasteiger partial charge is 0.478 e. The molecular formula is C13H17N3O4. The highest BCUT2D eigenvalue weighted by Crippen LogP contribution is 2.17. The number of anilines is 1. The molecule has 2 amide bonds. The zero-order valence-electron chi connectivity index (χ0n) is 11.0. The first-order valence-electron chi connectivity index (χ1n) is 6.45. The second-order valence-electron chi connectivity index (χ2n) is 4.81. The summed E-state index contributed by atoms with van der Waals surface area (Å²) in [5.74, 6) is -0.826. The second-order valence-corrected chi connectivity index (χ2v) is 4.81. The number of carbonyl (C=O) groups is 2. The van der Waals surface area contributed by atoms with E-state index in [9.17, 15) is 9.59 Å². The summed E-state index contributed by atoms with van der Waals surface area (Å²) in [6.45, 7) is 1.33. The number of carboxylic acid groups (broad SMARTS) is 1. The molecule has 1 aliphatic heterocycles. The molecule has 7 nitrogen and oxygen atoms in total. The van der Waals surface area contributed by atoms with Crippen LogP contribution in [-0.2, 0) is 0 Å². The Morgan fingerprint density at radius 3 is 2.65 bits per heavy atom. The first-order valence-corrected chi connectivity index (χ1v) is 6.45. The Kier molecular flexibility index (Phi) is 4.52. The van der Waals surface area contributed by atoms with E-state index in [4.69, 9.17) is 10.2 Å². The van der Waals surface area contributed by atoms with Gasteiger partial charge in [0.1, 0.15) is 0 Å². The number of rotatable bonds is 3. The molecule has 0 bridgehead atoms. The predicted molar refractivity (Wildman–Crippen MR) is 71.6 cm³/mol. The van der Waals surface area contributed by atoms with Gasteiger partial charge in [-0.3, -0.25) is 4.98 Å². The number of nitrogens with zero attached hydrogens (tertiary/aromatic N) is 2. The lowest BCUT2D eigenvalue weighted by molar-refractivity contribution is 0.0696. The number of aliphatic hydroxyl groups excluding tert-OH is 1. The quantitative estimate of drug-likeness (QED) is 0.766. The highest BCUT2D eigenvalue weighted by Gasteiger charge is 2.22. The van der Waals surface area contributed by atoms with Crippen molar-refractivity contribution >= 4 is 17.7 Å². The van der Waals surface area contributed by atoms with Crippen molar-refractivity contribution in [1.29, 1.82) is 0 Å². The van der Waals surface area contributed by atoms with Gasteiger partial charge >= 0.3 is 12.0 Å². The second kappa shape index (κ2) is 6.33. The van der Waals surface area contributed by atoms with Gasteiger partial charge in [-0.05, 0) is 24.8 Å². The third-order valence-electron chi connectivity index (χ3n) is 3.40. The number of urea groups is 1. The van der Waals surface area contributed by atoms with Crippen molar-refractivity contribution in [3.63, 3.8) is 0 Å². The number of nitrogens with one attached hydrogen (secondary N) is 1. The fourth-order valence-corrected chi connectivity index (χ4v) is 2.15. The maximum absolute atomic E-state index is 12.0. The molecule has 3 N–H and O–H groups in total. The molecule has 0 saturated carbocycles. The van der Waals surface area contributed by atoms with E-state index in [0.717, 1.165) is 12.8 Å². The van der Waals surface area contributed by atoms with Crippen molar-refractivity contribution in [2.75, 3.05) is 25.0 Å². The summed E-state index contributed by atoms with van der Waals surface area (Å²) in [6, 6.07) is 1.10. The number of hydrogen-bond donors (Lipinski definition) is 3. The van der Waals surface area contributed by atoms with Crippen LogP contribution < -0.4 is 5.32 Å². The van der Waals surface area contributed by atoms with Gasteiger partial charge in [0.15, 0.2) is 0 Å². The number of piperidine rings is 1. The Hall–Kier alpha value is -2.15. The van der Waals surface area contributed by atoms with Crippen molar-refractivity contribution in [2.45, 2.75) is 12.8 Å². The predicted octanol–water partition coefficient (Wildman–Crippen LogP) is 1.02.